The fraction of sp³-hybridized carbons (Fsp3) is 1.00. The average molecular weight is 153 g/mol. The van der Waals surface area contributed by atoms with Gasteiger partial charge in [0.1, 0.15) is 6.67 Å². The maximum atomic E-state index is 11.6. The molecule has 0 aromatic rings. The maximum absolute atomic E-state index is 11.6. The molecular weight excluding hydrogens is 147 g/mol. The van der Waals surface area contributed by atoms with E-state index in [9.17, 15) is 17.2 Å². The van der Waals surface area contributed by atoms with Crippen molar-refractivity contribution >= 4 is 28.9 Å². The third-order valence-corrected chi connectivity index (χ3v) is 1.32. The Hall–Kier alpha value is 0.367. The molecular formula is C2H6F2LiNO2S. The topological polar surface area (TPSA) is 60.2 Å². The van der Waals surface area contributed by atoms with E-state index in [1.807, 2.05) is 0 Å². The van der Waals surface area contributed by atoms with Crippen molar-refractivity contribution < 1.29 is 17.2 Å². The van der Waals surface area contributed by atoms with Crippen LogP contribution in [-0.4, -0.2) is 39.5 Å². The van der Waals surface area contributed by atoms with Crippen LogP contribution >= 0.6 is 0 Å². The Morgan fingerprint density at radius 3 is 1.89 bits per heavy atom. The van der Waals surface area contributed by atoms with Crippen molar-refractivity contribution in [3.8, 4) is 0 Å². The van der Waals surface area contributed by atoms with E-state index in [0.717, 1.165) is 0 Å². The third kappa shape index (κ3) is 4.85. The monoisotopic (exact) mass is 153 g/mol. The van der Waals surface area contributed by atoms with Gasteiger partial charge in [0.2, 0.25) is 15.5 Å². The van der Waals surface area contributed by atoms with Gasteiger partial charge in [-0.25, -0.2) is 22.3 Å². The number of nitrogens with two attached hydrogens (primary N) is 1. The Balaban J connectivity index is 0. The number of primary sulfonamides is 1. The number of halogens is 2. The second-order valence-corrected chi connectivity index (χ2v) is 2.84. The Labute approximate surface area is 63.8 Å². The van der Waals surface area contributed by atoms with Crippen molar-refractivity contribution in [1.82, 2.24) is 0 Å². The van der Waals surface area contributed by atoms with Crippen molar-refractivity contribution in [2.45, 2.75) is 5.50 Å². The SMILES string of the molecule is NS(=O)(=O)C(F)CF.[LiH]. The zero-order valence-electron chi connectivity index (χ0n) is 3.84. The quantitative estimate of drug-likeness (QED) is 0.511. The van der Waals surface area contributed by atoms with E-state index >= 15 is 0 Å². The summed E-state index contributed by atoms with van der Waals surface area (Å²) >= 11 is 0. The molecule has 9 heavy (non-hydrogen) atoms. The van der Waals surface area contributed by atoms with Crippen molar-refractivity contribution in [2.24, 2.45) is 5.14 Å². The number of alkyl halides is 2. The van der Waals surface area contributed by atoms with E-state index in [1.54, 1.807) is 0 Å². The van der Waals surface area contributed by atoms with Crippen LogP contribution in [0.2, 0.25) is 0 Å². The number of hydrogen-bond acceptors (Lipinski definition) is 2. The Kier molecular flexibility index (Phi) is 5.67. The molecule has 0 saturated carbocycles. The summed E-state index contributed by atoms with van der Waals surface area (Å²) in [5, 5.41) is 4.15. The first-order valence-corrected chi connectivity index (χ1v) is 3.31. The molecule has 0 aliphatic rings. The molecule has 0 saturated heterocycles. The van der Waals surface area contributed by atoms with Crippen LogP contribution in [0.4, 0.5) is 8.78 Å². The van der Waals surface area contributed by atoms with Crippen LogP contribution < -0.4 is 5.14 Å². The summed E-state index contributed by atoms with van der Waals surface area (Å²) in [6, 6.07) is 0. The Morgan fingerprint density at radius 1 is 1.56 bits per heavy atom. The van der Waals surface area contributed by atoms with Crippen LogP contribution in [0, 0.1) is 0 Å². The second kappa shape index (κ2) is 4.23. The van der Waals surface area contributed by atoms with E-state index in [4.69, 9.17) is 0 Å². The van der Waals surface area contributed by atoms with Gasteiger partial charge in [-0.05, 0) is 0 Å². The van der Waals surface area contributed by atoms with E-state index in [0.29, 0.717) is 0 Å². The Morgan fingerprint density at radius 2 is 1.89 bits per heavy atom. The third-order valence-electron chi connectivity index (χ3n) is 0.478. The van der Waals surface area contributed by atoms with Gasteiger partial charge in [-0.3, -0.25) is 0 Å². The molecule has 1 atom stereocenters. The van der Waals surface area contributed by atoms with Crippen molar-refractivity contribution in [3.63, 3.8) is 0 Å². The van der Waals surface area contributed by atoms with Crippen LogP contribution in [0.3, 0.4) is 0 Å². The van der Waals surface area contributed by atoms with Crippen LogP contribution in [0.15, 0.2) is 0 Å². The molecule has 7 heteroatoms. The predicted molar refractivity (Wildman–Crippen MR) is 31.1 cm³/mol. The summed E-state index contributed by atoms with van der Waals surface area (Å²) in [6.07, 6.45) is 0. The Bertz CT molecular complexity index is 158. The van der Waals surface area contributed by atoms with Gasteiger partial charge in [-0.1, -0.05) is 0 Å². The number of rotatable bonds is 2. The molecule has 0 fully saturated rings. The molecule has 1 unspecified atom stereocenters. The molecule has 0 aromatic heterocycles. The van der Waals surface area contributed by atoms with Gasteiger partial charge in [0.25, 0.3) is 0 Å². The van der Waals surface area contributed by atoms with Gasteiger partial charge in [0.05, 0.1) is 0 Å². The van der Waals surface area contributed by atoms with Gasteiger partial charge in [-0.15, -0.1) is 0 Å². The molecule has 2 N–H and O–H groups in total. The van der Waals surface area contributed by atoms with Gasteiger partial charge in [0, 0.05) is 0 Å². The summed E-state index contributed by atoms with van der Waals surface area (Å²) in [5.41, 5.74) is -2.57. The minimum atomic E-state index is -4.29. The molecule has 0 aliphatic carbocycles. The molecule has 0 rings (SSSR count). The second-order valence-electron chi connectivity index (χ2n) is 1.15. The van der Waals surface area contributed by atoms with Crippen molar-refractivity contribution in [1.29, 1.82) is 0 Å². The molecule has 0 aliphatic heterocycles. The zero-order valence-corrected chi connectivity index (χ0v) is 4.66. The first-order valence-electron chi connectivity index (χ1n) is 1.70. The minimum absolute atomic E-state index is 0. The molecule has 0 amide bonds. The fourth-order valence-electron chi connectivity index (χ4n) is 0.0878. The fourth-order valence-corrected chi connectivity index (χ4v) is 0.263. The number of sulfonamides is 1. The van der Waals surface area contributed by atoms with Crippen molar-refractivity contribution in [2.75, 3.05) is 6.67 Å². The number of hydrogen-bond donors (Lipinski definition) is 1. The van der Waals surface area contributed by atoms with E-state index < -0.39 is 22.2 Å². The first kappa shape index (κ1) is 12.1. The summed E-state index contributed by atoms with van der Waals surface area (Å²) in [5.74, 6) is 0. The van der Waals surface area contributed by atoms with E-state index in [-0.39, 0.29) is 18.9 Å². The van der Waals surface area contributed by atoms with Gasteiger partial charge >= 0.3 is 18.9 Å². The summed E-state index contributed by atoms with van der Waals surface area (Å²) in [4.78, 5) is 0. The molecule has 0 heterocycles. The normalized spacial score (nSPS) is 14.1. The van der Waals surface area contributed by atoms with E-state index in [1.165, 1.54) is 0 Å². The molecule has 52 valence electrons. The summed E-state index contributed by atoms with van der Waals surface area (Å²) in [7, 11) is -4.29. The van der Waals surface area contributed by atoms with Crippen LogP contribution in [0.5, 0.6) is 0 Å². The molecule has 0 aromatic carbocycles. The van der Waals surface area contributed by atoms with E-state index in [2.05, 4.69) is 5.14 Å². The zero-order chi connectivity index (χ0) is 6.78. The first-order chi connectivity index (χ1) is 3.48. The molecule has 0 spiro atoms. The summed E-state index contributed by atoms with van der Waals surface area (Å²) in [6.45, 7) is -1.58. The van der Waals surface area contributed by atoms with Gasteiger partial charge in [0.15, 0.2) is 0 Å². The molecule has 0 radical (unpaired) electrons. The average Bonchev–Trinajstić information content (AvgIpc) is 1.62. The molecule has 3 nitrogen and oxygen atoms in total. The van der Waals surface area contributed by atoms with Crippen LogP contribution in [-0.2, 0) is 10.0 Å². The van der Waals surface area contributed by atoms with Gasteiger partial charge in [-0.2, -0.15) is 0 Å². The predicted octanol–water partition coefficient (Wildman–Crippen LogP) is -1.11. The standard InChI is InChI=1S/C2H5F2NO2S.Li.H/c3-1-2(4)8(5,6)7;;/h2H,1H2,(H2,5,6,7);;. The van der Waals surface area contributed by atoms with Crippen LogP contribution in [0.1, 0.15) is 0 Å². The van der Waals surface area contributed by atoms with Crippen LogP contribution in [0.25, 0.3) is 0 Å². The van der Waals surface area contributed by atoms with Crippen molar-refractivity contribution in [3.05, 3.63) is 0 Å². The molecule has 0 bridgehead atoms. The summed E-state index contributed by atoms with van der Waals surface area (Å²) < 4.78 is 42.0. The van der Waals surface area contributed by atoms with Gasteiger partial charge < -0.3 is 0 Å².